The highest BCUT2D eigenvalue weighted by atomic mass is 16.6. The molecule has 0 rings (SSSR count). The molecule has 0 radical (unpaired) electrons. The Balaban J connectivity index is 3.31. The van der Waals surface area contributed by atoms with E-state index < -0.39 is 6.09 Å². The van der Waals surface area contributed by atoms with Crippen LogP contribution in [0.25, 0.3) is 0 Å². The van der Waals surface area contributed by atoms with Crippen molar-refractivity contribution in [1.82, 2.24) is 5.06 Å². The molecule has 0 aliphatic carbocycles. The lowest BCUT2D eigenvalue weighted by molar-refractivity contribution is -0.0703. The molecule has 0 aliphatic heterocycles. The van der Waals surface area contributed by atoms with Crippen LogP contribution in [0.3, 0.4) is 0 Å². The summed E-state index contributed by atoms with van der Waals surface area (Å²) >= 11 is 0. The second-order valence-corrected chi connectivity index (χ2v) is 2.54. The van der Waals surface area contributed by atoms with Gasteiger partial charge in [0.25, 0.3) is 0 Å². The minimum atomic E-state index is -0.659. The number of rotatable bonds is 5. The van der Waals surface area contributed by atoms with Crippen molar-refractivity contribution in [2.24, 2.45) is 0 Å². The van der Waals surface area contributed by atoms with E-state index in [9.17, 15) is 4.79 Å². The Hall–Kier alpha value is -0.770. The molecule has 4 heteroatoms. The lowest BCUT2D eigenvalue weighted by atomic mass is 10.3. The van der Waals surface area contributed by atoms with Crippen molar-refractivity contribution in [1.29, 1.82) is 0 Å². The van der Waals surface area contributed by atoms with E-state index in [0.717, 1.165) is 19.3 Å². The summed E-state index contributed by atoms with van der Waals surface area (Å²) in [6.07, 6.45) is 2.34. The van der Waals surface area contributed by atoms with Gasteiger partial charge in [-0.15, -0.1) is 0 Å². The maximum Gasteiger partial charge on any atom is 0.433 e. The molecule has 72 valence electrons. The van der Waals surface area contributed by atoms with Crippen LogP contribution in [-0.4, -0.2) is 29.5 Å². The highest BCUT2D eigenvalue weighted by molar-refractivity contribution is 5.65. The summed E-state index contributed by atoms with van der Waals surface area (Å²) in [6, 6.07) is 0. The molecule has 0 heterocycles. The first-order chi connectivity index (χ1) is 5.72. The second-order valence-electron chi connectivity index (χ2n) is 2.54. The largest absolute Gasteiger partial charge is 0.448 e. The van der Waals surface area contributed by atoms with E-state index in [2.05, 4.69) is 6.92 Å². The van der Waals surface area contributed by atoms with Crippen molar-refractivity contribution in [2.75, 3.05) is 13.2 Å². The van der Waals surface area contributed by atoms with Gasteiger partial charge in [0.1, 0.15) is 0 Å². The summed E-state index contributed by atoms with van der Waals surface area (Å²) in [5, 5.41) is 9.40. The zero-order valence-electron chi connectivity index (χ0n) is 7.75. The average Bonchev–Trinajstić information content (AvgIpc) is 2.10. The smallest absolute Gasteiger partial charge is 0.433 e. The fourth-order valence-corrected chi connectivity index (χ4v) is 0.715. The normalized spacial score (nSPS) is 9.58. The topological polar surface area (TPSA) is 49.8 Å². The number of hydrogen-bond acceptors (Lipinski definition) is 3. The van der Waals surface area contributed by atoms with Gasteiger partial charge in [0.05, 0.1) is 6.61 Å². The minimum Gasteiger partial charge on any atom is -0.448 e. The summed E-state index contributed by atoms with van der Waals surface area (Å²) in [6.45, 7) is 4.40. The predicted octanol–water partition coefficient (Wildman–Crippen LogP) is 2.02. The van der Waals surface area contributed by atoms with Crippen LogP contribution >= 0.6 is 0 Å². The van der Waals surface area contributed by atoms with Crippen molar-refractivity contribution in [3.63, 3.8) is 0 Å². The molecule has 0 fully saturated rings. The molecule has 0 saturated carbocycles. The standard InChI is InChI=1S/C8H17NO3/c1-3-5-6-7-12-8(10)9(11)4-2/h11H,3-7H2,1-2H3. The van der Waals surface area contributed by atoms with Crippen LogP contribution in [0.5, 0.6) is 0 Å². The maximum atomic E-state index is 10.8. The van der Waals surface area contributed by atoms with Gasteiger partial charge in [-0.25, -0.2) is 4.79 Å². The minimum absolute atomic E-state index is 0.257. The second kappa shape index (κ2) is 6.91. The van der Waals surface area contributed by atoms with Crippen LogP contribution in [0, 0.1) is 0 Å². The summed E-state index contributed by atoms with van der Waals surface area (Å²) in [7, 11) is 0. The van der Waals surface area contributed by atoms with Gasteiger partial charge in [0.15, 0.2) is 0 Å². The molecular formula is C8H17NO3. The Bertz CT molecular complexity index is 127. The third-order valence-corrected chi connectivity index (χ3v) is 1.48. The molecule has 0 spiro atoms. The Labute approximate surface area is 73.1 Å². The highest BCUT2D eigenvalue weighted by Gasteiger charge is 2.08. The molecule has 0 atom stereocenters. The Morgan fingerprint density at radius 2 is 2.08 bits per heavy atom. The first-order valence-electron chi connectivity index (χ1n) is 4.35. The number of hydrogen-bond donors (Lipinski definition) is 1. The first-order valence-corrected chi connectivity index (χ1v) is 4.35. The third-order valence-electron chi connectivity index (χ3n) is 1.48. The molecule has 1 N–H and O–H groups in total. The molecule has 0 aliphatic rings. The zero-order valence-corrected chi connectivity index (χ0v) is 7.75. The van der Waals surface area contributed by atoms with Crippen LogP contribution in [-0.2, 0) is 4.74 Å². The predicted molar refractivity (Wildman–Crippen MR) is 45.0 cm³/mol. The van der Waals surface area contributed by atoms with Crippen LogP contribution in [0.1, 0.15) is 33.1 Å². The summed E-state index contributed by atoms with van der Waals surface area (Å²) in [5.74, 6) is 0. The van der Waals surface area contributed by atoms with Gasteiger partial charge >= 0.3 is 6.09 Å². The summed E-state index contributed by atoms with van der Waals surface area (Å²) < 4.78 is 4.73. The molecule has 0 aromatic rings. The molecule has 1 amide bonds. The van der Waals surface area contributed by atoms with Gasteiger partial charge in [-0.2, -0.15) is 5.06 Å². The highest BCUT2D eigenvalue weighted by Crippen LogP contribution is 1.96. The van der Waals surface area contributed by atoms with Crippen molar-refractivity contribution in [3.8, 4) is 0 Å². The number of nitrogens with zero attached hydrogens (tertiary/aromatic N) is 1. The van der Waals surface area contributed by atoms with E-state index in [4.69, 9.17) is 9.94 Å². The van der Waals surface area contributed by atoms with Crippen molar-refractivity contribution >= 4 is 6.09 Å². The third kappa shape index (κ3) is 4.96. The number of carbonyl (C=O) groups excluding carboxylic acids is 1. The molecule has 0 bridgehead atoms. The van der Waals surface area contributed by atoms with Crippen LogP contribution in [0.4, 0.5) is 4.79 Å². The molecular weight excluding hydrogens is 158 g/mol. The van der Waals surface area contributed by atoms with Gasteiger partial charge in [-0.3, -0.25) is 5.21 Å². The van der Waals surface area contributed by atoms with E-state index in [1.165, 1.54) is 0 Å². The Kier molecular flexibility index (Phi) is 6.47. The molecule has 12 heavy (non-hydrogen) atoms. The number of amides is 1. The average molecular weight is 175 g/mol. The van der Waals surface area contributed by atoms with Crippen LogP contribution in [0.15, 0.2) is 0 Å². The number of ether oxygens (including phenoxy) is 1. The zero-order chi connectivity index (χ0) is 9.40. The lowest BCUT2D eigenvalue weighted by Gasteiger charge is -2.11. The summed E-state index contributed by atoms with van der Waals surface area (Å²) in [5.41, 5.74) is 0. The fraction of sp³-hybridized carbons (Fsp3) is 0.875. The molecule has 4 nitrogen and oxygen atoms in total. The molecule has 0 aromatic carbocycles. The van der Waals surface area contributed by atoms with E-state index in [1.807, 2.05) is 0 Å². The van der Waals surface area contributed by atoms with Crippen LogP contribution in [0.2, 0.25) is 0 Å². The number of carbonyl (C=O) groups is 1. The molecule has 0 aromatic heterocycles. The monoisotopic (exact) mass is 175 g/mol. The van der Waals surface area contributed by atoms with Gasteiger partial charge < -0.3 is 4.74 Å². The van der Waals surface area contributed by atoms with Gasteiger partial charge in [-0.05, 0) is 13.3 Å². The summed E-state index contributed by atoms with van der Waals surface area (Å²) in [4.78, 5) is 10.8. The van der Waals surface area contributed by atoms with Crippen molar-refractivity contribution < 1.29 is 14.7 Å². The molecule has 0 saturated heterocycles. The van der Waals surface area contributed by atoms with E-state index in [-0.39, 0.29) is 6.54 Å². The van der Waals surface area contributed by atoms with E-state index in [1.54, 1.807) is 6.92 Å². The van der Waals surface area contributed by atoms with Gasteiger partial charge in [0.2, 0.25) is 0 Å². The van der Waals surface area contributed by atoms with Gasteiger partial charge in [0, 0.05) is 6.54 Å². The first kappa shape index (κ1) is 11.2. The maximum absolute atomic E-state index is 10.8. The van der Waals surface area contributed by atoms with Gasteiger partial charge in [-0.1, -0.05) is 19.8 Å². The molecule has 0 unspecified atom stereocenters. The van der Waals surface area contributed by atoms with Crippen LogP contribution < -0.4 is 0 Å². The van der Waals surface area contributed by atoms with E-state index >= 15 is 0 Å². The SMILES string of the molecule is CCCCCOC(=O)N(O)CC. The quantitative estimate of drug-likeness (QED) is 0.395. The Morgan fingerprint density at radius 3 is 2.58 bits per heavy atom. The lowest BCUT2D eigenvalue weighted by Crippen LogP contribution is -2.27. The number of hydroxylamine groups is 2. The van der Waals surface area contributed by atoms with Crippen molar-refractivity contribution in [3.05, 3.63) is 0 Å². The van der Waals surface area contributed by atoms with E-state index in [0.29, 0.717) is 11.7 Å². The van der Waals surface area contributed by atoms with Crippen molar-refractivity contribution in [2.45, 2.75) is 33.1 Å². The number of unbranched alkanes of at least 4 members (excludes halogenated alkanes) is 2. The Morgan fingerprint density at radius 1 is 1.42 bits per heavy atom. The fourth-order valence-electron chi connectivity index (χ4n) is 0.715.